The molecule has 1 aliphatic heterocycles. The van der Waals surface area contributed by atoms with Crippen molar-refractivity contribution in [2.45, 2.75) is 19.9 Å². The van der Waals surface area contributed by atoms with Crippen molar-refractivity contribution in [3.8, 4) is 11.5 Å². The van der Waals surface area contributed by atoms with Crippen LogP contribution in [-0.4, -0.2) is 30.9 Å². The number of halogens is 2. The van der Waals surface area contributed by atoms with Gasteiger partial charge in [0.25, 0.3) is 5.56 Å². The van der Waals surface area contributed by atoms with Crippen molar-refractivity contribution in [1.29, 1.82) is 0 Å². The van der Waals surface area contributed by atoms with Crippen LogP contribution in [0.4, 0.5) is 0 Å². The van der Waals surface area contributed by atoms with Crippen LogP contribution < -0.4 is 24.4 Å². The molecular formula is C27H24I2N2O5S. The third kappa shape index (κ3) is 5.70. The number of ether oxygens (including phenoxy) is 3. The number of rotatable bonds is 8. The Bertz CT molecular complexity index is 1550. The molecule has 1 aromatic heterocycles. The minimum absolute atomic E-state index is 0.218. The van der Waals surface area contributed by atoms with Gasteiger partial charge < -0.3 is 14.2 Å². The molecule has 0 amide bonds. The van der Waals surface area contributed by atoms with Gasteiger partial charge in [0.05, 0.1) is 42.7 Å². The summed E-state index contributed by atoms with van der Waals surface area (Å²) in [6, 6.07) is 10.6. The first-order valence-corrected chi connectivity index (χ1v) is 14.3. The first-order chi connectivity index (χ1) is 17.8. The van der Waals surface area contributed by atoms with Crippen molar-refractivity contribution < 1.29 is 19.0 Å². The van der Waals surface area contributed by atoms with E-state index in [-0.39, 0.29) is 12.2 Å². The first-order valence-electron chi connectivity index (χ1n) is 11.3. The molecule has 192 valence electrons. The molecule has 0 unspecified atom stereocenters. The van der Waals surface area contributed by atoms with Crippen LogP contribution >= 0.6 is 56.5 Å². The van der Waals surface area contributed by atoms with Crippen LogP contribution in [0.2, 0.25) is 0 Å². The Morgan fingerprint density at radius 3 is 2.49 bits per heavy atom. The standard InChI is InChI=1S/C27H24I2N2O5S/c1-5-11-36-18-9-7-17(8-10-18)23-22(26(33)35-6-2)15(3)30-27-31(23)25(32)21(37-27)14-16-12-19(28)24(34-4)20(29)13-16/h5,7-10,12-14,23H,1,6,11H2,2-4H3/b21-14-/t23-/m0/s1. The SMILES string of the molecule is C=CCOc1ccc([C@H]2C(C(=O)OCC)=C(C)N=c3s/c(=C\c4cc(I)c(OC)c(I)c4)c(=O)n32)cc1. The van der Waals surface area contributed by atoms with E-state index in [9.17, 15) is 9.59 Å². The van der Waals surface area contributed by atoms with Crippen molar-refractivity contribution in [1.82, 2.24) is 4.57 Å². The first kappa shape index (κ1) is 27.6. The predicted molar refractivity (Wildman–Crippen MR) is 161 cm³/mol. The molecule has 0 bridgehead atoms. The lowest BCUT2D eigenvalue weighted by atomic mass is 9.96. The van der Waals surface area contributed by atoms with Gasteiger partial charge in [-0.2, -0.15) is 0 Å². The highest BCUT2D eigenvalue weighted by atomic mass is 127. The zero-order valence-corrected chi connectivity index (χ0v) is 25.5. The molecule has 3 aromatic rings. The van der Waals surface area contributed by atoms with Crippen LogP contribution in [0.5, 0.6) is 11.5 Å². The second-order valence-corrected chi connectivity index (χ2v) is 11.3. The van der Waals surface area contributed by atoms with Gasteiger partial charge in [0.1, 0.15) is 18.1 Å². The maximum atomic E-state index is 13.8. The molecule has 0 saturated heterocycles. The summed E-state index contributed by atoms with van der Waals surface area (Å²) in [6.07, 6.45) is 3.52. The van der Waals surface area contributed by atoms with Crippen molar-refractivity contribution in [2.75, 3.05) is 20.3 Å². The zero-order chi connectivity index (χ0) is 26.7. The van der Waals surface area contributed by atoms with E-state index in [0.29, 0.717) is 33.0 Å². The number of aromatic nitrogens is 1. The van der Waals surface area contributed by atoms with Gasteiger partial charge in [-0.1, -0.05) is 36.1 Å². The fraction of sp³-hybridized carbons (Fsp3) is 0.222. The van der Waals surface area contributed by atoms with Gasteiger partial charge in [-0.15, -0.1) is 0 Å². The number of methoxy groups -OCH3 is 1. The van der Waals surface area contributed by atoms with Crippen molar-refractivity contribution >= 4 is 68.6 Å². The minimum Gasteiger partial charge on any atom is -0.495 e. The molecule has 0 aliphatic carbocycles. The lowest BCUT2D eigenvalue weighted by Crippen LogP contribution is -2.39. The maximum Gasteiger partial charge on any atom is 0.338 e. The van der Waals surface area contributed by atoms with Crippen LogP contribution in [0, 0.1) is 7.14 Å². The predicted octanol–water partition coefficient (Wildman–Crippen LogP) is 4.58. The van der Waals surface area contributed by atoms with Gasteiger partial charge in [-0.3, -0.25) is 9.36 Å². The molecular weight excluding hydrogens is 718 g/mol. The van der Waals surface area contributed by atoms with Gasteiger partial charge in [0, 0.05) is 0 Å². The number of benzene rings is 2. The monoisotopic (exact) mass is 742 g/mol. The Balaban J connectivity index is 1.89. The number of carbonyl (C=O) groups excluding carboxylic acids is 1. The van der Waals surface area contributed by atoms with Gasteiger partial charge in [-0.05, 0) is 100 Å². The molecule has 37 heavy (non-hydrogen) atoms. The molecule has 0 spiro atoms. The number of hydrogen-bond acceptors (Lipinski definition) is 7. The summed E-state index contributed by atoms with van der Waals surface area (Å²) in [5.41, 5.74) is 2.27. The number of fused-ring (bicyclic) bond motifs is 1. The molecule has 2 aromatic carbocycles. The number of hydrogen-bond donors (Lipinski definition) is 0. The molecule has 0 fully saturated rings. The highest BCUT2D eigenvalue weighted by Crippen LogP contribution is 2.32. The average Bonchev–Trinajstić information content (AvgIpc) is 3.16. The second-order valence-electron chi connectivity index (χ2n) is 7.99. The van der Waals surface area contributed by atoms with Crippen LogP contribution in [0.15, 0.2) is 70.1 Å². The van der Waals surface area contributed by atoms with Crippen LogP contribution in [0.25, 0.3) is 6.08 Å². The van der Waals surface area contributed by atoms with E-state index in [1.165, 1.54) is 11.3 Å². The fourth-order valence-electron chi connectivity index (χ4n) is 4.02. The average molecular weight is 742 g/mol. The zero-order valence-electron chi connectivity index (χ0n) is 20.4. The molecule has 10 heteroatoms. The molecule has 0 radical (unpaired) electrons. The van der Waals surface area contributed by atoms with E-state index in [2.05, 4.69) is 56.8 Å². The molecule has 1 aliphatic rings. The smallest absolute Gasteiger partial charge is 0.338 e. The molecule has 7 nitrogen and oxygen atoms in total. The Morgan fingerprint density at radius 2 is 1.89 bits per heavy atom. The van der Waals surface area contributed by atoms with Gasteiger partial charge >= 0.3 is 5.97 Å². The quantitative estimate of drug-likeness (QED) is 0.192. The number of nitrogens with zero attached hydrogens (tertiary/aromatic N) is 2. The van der Waals surface area contributed by atoms with E-state index >= 15 is 0 Å². The summed E-state index contributed by atoms with van der Waals surface area (Å²) < 4.78 is 20.4. The van der Waals surface area contributed by atoms with E-state index in [1.54, 1.807) is 31.6 Å². The topological polar surface area (TPSA) is 79.1 Å². The molecule has 0 N–H and O–H groups in total. The summed E-state index contributed by atoms with van der Waals surface area (Å²) in [5.74, 6) is 0.975. The van der Waals surface area contributed by atoms with Crippen molar-refractivity contribution in [2.24, 2.45) is 4.99 Å². The highest BCUT2D eigenvalue weighted by Gasteiger charge is 2.33. The van der Waals surface area contributed by atoms with Gasteiger partial charge in [-0.25, -0.2) is 9.79 Å². The van der Waals surface area contributed by atoms with Crippen LogP contribution in [0.3, 0.4) is 0 Å². The number of allylic oxidation sites excluding steroid dienone is 1. The fourth-order valence-corrected chi connectivity index (χ4v) is 7.32. The van der Waals surface area contributed by atoms with E-state index in [1.807, 2.05) is 42.5 Å². The van der Waals surface area contributed by atoms with Crippen LogP contribution in [0.1, 0.15) is 31.0 Å². The highest BCUT2D eigenvalue weighted by molar-refractivity contribution is 14.1. The van der Waals surface area contributed by atoms with Gasteiger partial charge in [0.15, 0.2) is 4.80 Å². The Morgan fingerprint density at radius 1 is 1.22 bits per heavy atom. The summed E-state index contributed by atoms with van der Waals surface area (Å²) in [7, 11) is 1.64. The minimum atomic E-state index is -0.679. The second kappa shape index (κ2) is 11.9. The van der Waals surface area contributed by atoms with Crippen molar-refractivity contribution in [3.63, 3.8) is 0 Å². The maximum absolute atomic E-state index is 13.8. The number of thiazole rings is 1. The normalized spacial score (nSPS) is 15.2. The Labute approximate surface area is 245 Å². The lowest BCUT2D eigenvalue weighted by molar-refractivity contribution is -0.139. The molecule has 2 heterocycles. The molecule has 4 rings (SSSR count). The van der Waals surface area contributed by atoms with Crippen molar-refractivity contribution in [3.05, 3.63) is 98.3 Å². The summed E-state index contributed by atoms with van der Waals surface area (Å²) >= 11 is 5.73. The summed E-state index contributed by atoms with van der Waals surface area (Å²) in [6.45, 7) is 7.79. The summed E-state index contributed by atoms with van der Waals surface area (Å²) in [4.78, 5) is 32.0. The largest absolute Gasteiger partial charge is 0.495 e. The number of carbonyl (C=O) groups is 1. The van der Waals surface area contributed by atoms with E-state index in [0.717, 1.165) is 24.0 Å². The lowest BCUT2D eigenvalue weighted by Gasteiger charge is -2.24. The Hall–Kier alpha value is -2.45. The third-order valence-corrected chi connectivity index (χ3v) is 8.19. The van der Waals surface area contributed by atoms with E-state index < -0.39 is 12.0 Å². The molecule has 0 saturated carbocycles. The molecule has 1 atom stereocenters. The third-order valence-electron chi connectivity index (χ3n) is 5.60. The summed E-state index contributed by atoms with van der Waals surface area (Å²) in [5, 5.41) is 0. The van der Waals surface area contributed by atoms with Crippen LogP contribution in [-0.2, 0) is 9.53 Å². The van der Waals surface area contributed by atoms with E-state index in [4.69, 9.17) is 14.2 Å². The Kier molecular flexibility index (Phi) is 8.90. The van der Waals surface area contributed by atoms with Gasteiger partial charge in [0.2, 0.25) is 0 Å². The number of esters is 1.